The van der Waals surface area contributed by atoms with Crippen LogP contribution in [0.2, 0.25) is 4.34 Å². The van der Waals surface area contributed by atoms with Gasteiger partial charge in [-0.2, -0.15) is 0 Å². The van der Waals surface area contributed by atoms with Crippen LogP contribution in [-0.4, -0.2) is 17.8 Å². The van der Waals surface area contributed by atoms with Crippen LogP contribution >= 0.6 is 34.3 Å². The standard InChI is InChI=1S/C11H11ClN2OS2/c1-7(15)9-6-16-11(13-9)14(2)5-8-3-4-10(12)17-8/h3-4,6H,5H2,1-2H3. The maximum Gasteiger partial charge on any atom is 0.186 e. The first-order chi connectivity index (χ1) is 8.06. The molecule has 0 bridgehead atoms. The van der Waals surface area contributed by atoms with Crippen molar-refractivity contribution >= 4 is 45.2 Å². The first-order valence-electron chi connectivity index (χ1n) is 4.98. The van der Waals surface area contributed by atoms with Crippen molar-refractivity contribution in [2.75, 3.05) is 11.9 Å². The molecule has 2 aromatic heterocycles. The highest BCUT2D eigenvalue weighted by atomic mass is 35.5. The Hall–Kier alpha value is -0.910. The second-order valence-corrected chi connectivity index (χ2v) is 6.27. The van der Waals surface area contributed by atoms with E-state index in [0.29, 0.717) is 5.69 Å². The van der Waals surface area contributed by atoms with Crippen molar-refractivity contribution in [1.82, 2.24) is 4.98 Å². The third-order valence-electron chi connectivity index (χ3n) is 2.20. The number of halogens is 1. The lowest BCUT2D eigenvalue weighted by atomic mass is 10.4. The number of nitrogens with zero attached hydrogens (tertiary/aromatic N) is 2. The van der Waals surface area contributed by atoms with Gasteiger partial charge in [0.25, 0.3) is 0 Å². The van der Waals surface area contributed by atoms with Gasteiger partial charge in [0.15, 0.2) is 10.9 Å². The number of hydrogen-bond acceptors (Lipinski definition) is 5. The molecule has 3 nitrogen and oxygen atoms in total. The Morgan fingerprint density at radius 1 is 1.53 bits per heavy atom. The number of rotatable bonds is 4. The molecule has 0 saturated heterocycles. The van der Waals surface area contributed by atoms with E-state index in [1.54, 1.807) is 16.7 Å². The number of anilines is 1. The van der Waals surface area contributed by atoms with Crippen molar-refractivity contribution in [2.24, 2.45) is 0 Å². The van der Waals surface area contributed by atoms with Gasteiger partial charge in [-0.1, -0.05) is 11.6 Å². The summed E-state index contributed by atoms with van der Waals surface area (Å²) in [4.78, 5) is 18.6. The smallest absolute Gasteiger partial charge is 0.186 e. The van der Waals surface area contributed by atoms with Gasteiger partial charge in [-0.05, 0) is 12.1 Å². The van der Waals surface area contributed by atoms with Crippen molar-refractivity contribution in [3.63, 3.8) is 0 Å². The summed E-state index contributed by atoms with van der Waals surface area (Å²) >= 11 is 8.91. The summed E-state index contributed by atoms with van der Waals surface area (Å²) < 4.78 is 0.789. The Morgan fingerprint density at radius 2 is 2.29 bits per heavy atom. The van der Waals surface area contributed by atoms with E-state index in [9.17, 15) is 4.79 Å². The molecule has 0 saturated carbocycles. The molecule has 2 heterocycles. The van der Waals surface area contributed by atoms with Gasteiger partial charge >= 0.3 is 0 Å². The molecule has 0 aliphatic heterocycles. The summed E-state index contributed by atoms with van der Waals surface area (Å²) in [5.41, 5.74) is 0.529. The molecule has 6 heteroatoms. The topological polar surface area (TPSA) is 33.2 Å². The fourth-order valence-electron chi connectivity index (χ4n) is 1.34. The maximum atomic E-state index is 11.2. The second kappa shape index (κ2) is 5.16. The average Bonchev–Trinajstić information content (AvgIpc) is 2.86. The minimum atomic E-state index is 0.0000630. The van der Waals surface area contributed by atoms with Crippen LogP contribution in [0.3, 0.4) is 0 Å². The van der Waals surface area contributed by atoms with Gasteiger partial charge in [0.1, 0.15) is 5.69 Å². The van der Waals surface area contributed by atoms with Gasteiger partial charge in [0.2, 0.25) is 0 Å². The number of aromatic nitrogens is 1. The van der Waals surface area contributed by atoms with E-state index in [1.165, 1.54) is 23.1 Å². The lowest BCUT2D eigenvalue weighted by Gasteiger charge is -2.13. The Labute approximate surface area is 113 Å². The molecule has 0 atom stereocenters. The number of thiazole rings is 1. The van der Waals surface area contributed by atoms with Gasteiger partial charge in [0, 0.05) is 24.2 Å². The summed E-state index contributed by atoms with van der Waals surface area (Å²) in [6, 6.07) is 3.89. The van der Waals surface area contributed by atoms with E-state index >= 15 is 0 Å². The lowest BCUT2D eigenvalue weighted by molar-refractivity contribution is 0.101. The summed E-state index contributed by atoms with van der Waals surface area (Å²) in [6.45, 7) is 2.28. The van der Waals surface area contributed by atoms with Crippen LogP contribution < -0.4 is 4.90 Å². The van der Waals surface area contributed by atoms with Gasteiger partial charge < -0.3 is 4.90 Å². The molecule has 0 spiro atoms. The number of carbonyl (C=O) groups excluding carboxylic acids is 1. The fraction of sp³-hybridized carbons (Fsp3) is 0.273. The summed E-state index contributed by atoms with van der Waals surface area (Å²) in [5.74, 6) is 0.0000630. The second-order valence-electron chi connectivity index (χ2n) is 3.63. The van der Waals surface area contributed by atoms with Gasteiger partial charge in [-0.15, -0.1) is 22.7 Å². The highest BCUT2D eigenvalue weighted by molar-refractivity contribution is 7.16. The lowest BCUT2D eigenvalue weighted by Crippen LogP contribution is -2.15. The number of ketones is 1. The van der Waals surface area contributed by atoms with E-state index in [0.717, 1.165) is 16.0 Å². The summed E-state index contributed by atoms with van der Waals surface area (Å²) in [5, 5.41) is 2.63. The van der Waals surface area contributed by atoms with E-state index in [4.69, 9.17) is 11.6 Å². The molecule has 0 aliphatic carbocycles. The van der Waals surface area contributed by atoms with Crippen molar-refractivity contribution in [2.45, 2.75) is 13.5 Å². The zero-order valence-electron chi connectivity index (χ0n) is 9.44. The zero-order valence-corrected chi connectivity index (χ0v) is 11.8. The van der Waals surface area contributed by atoms with Crippen molar-refractivity contribution in [3.05, 3.63) is 32.4 Å². The van der Waals surface area contributed by atoms with Crippen molar-refractivity contribution in [1.29, 1.82) is 0 Å². The molecule has 0 N–H and O–H groups in total. The first-order valence-corrected chi connectivity index (χ1v) is 7.05. The van der Waals surface area contributed by atoms with Gasteiger partial charge in [0.05, 0.1) is 10.9 Å². The highest BCUT2D eigenvalue weighted by Gasteiger charge is 2.10. The maximum absolute atomic E-state index is 11.2. The summed E-state index contributed by atoms with van der Waals surface area (Å²) in [6.07, 6.45) is 0. The molecule has 17 heavy (non-hydrogen) atoms. The third-order valence-corrected chi connectivity index (χ3v) is 4.37. The van der Waals surface area contributed by atoms with Crippen LogP contribution in [0.5, 0.6) is 0 Å². The van der Waals surface area contributed by atoms with Crippen LogP contribution in [-0.2, 0) is 6.54 Å². The summed E-state index contributed by atoms with van der Waals surface area (Å²) in [7, 11) is 1.95. The van der Waals surface area contributed by atoms with E-state index < -0.39 is 0 Å². The van der Waals surface area contributed by atoms with Crippen LogP contribution in [0.25, 0.3) is 0 Å². The molecule has 0 aliphatic rings. The molecule has 0 fully saturated rings. The Bertz CT molecular complexity index is 535. The molecule has 2 rings (SSSR count). The normalized spacial score (nSPS) is 10.5. The Morgan fingerprint density at radius 3 is 2.82 bits per heavy atom. The number of hydrogen-bond donors (Lipinski definition) is 0. The van der Waals surface area contributed by atoms with E-state index in [1.807, 2.05) is 24.1 Å². The van der Waals surface area contributed by atoms with Crippen LogP contribution in [0.1, 0.15) is 22.3 Å². The Balaban J connectivity index is 2.08. The van der Waals surface area contributed by atoms with Gasteiger partial charge in [-0.25, -0.2) is 4.98 Å². The quantitative estimate of drug-likeness (QED) is 0.804. The SMILES string of the molecule is CC(=O)c1csc(N(C)Cc2ccc(Cl)s2)n1. The number of carbonyl (C=O) groups is 1. The monoisotopic (exact) mass is 286 g/mol. The minimum Gasteiger partial charge on any atom is -0.346 e. The van der Waals surface area contributed by atoms with Crippen LogP contribution in [0.4, 0.5) is 5.13 Å². The molecule has 0 amide bonds. The van der Waals surface area contributed by atoms with E-state index in [-0.39, 0.29) is 5.78 Å². The van der Waals surface area contributed by atoms with Crippen molar-refractivity contribution in [3.8, 4) is 0 Å². The highest BCUT2D eigenvalue weighted by Crippen LogP contribution is 2.26. The minimum absolute atomic E-state index is 0.0000630. The average molecular weight is 287 g/mol. The Kier molecular flexibility index (Phi) is 3.81. The first kappa shape index (κ1) is 12.5. The third kappa shape index (κ3) is 3.06. The molecular weight excluding hydrogens is 276 g/mol. The fourth-order valence-corrected chi connectivity index (χ4v) is 3.31. The molecular formula is C11H11ClN2OS2. The number of Topliss-reactive ketones (excluding diaryl/α,β-unsaturated/α-hetero) is 1. The molecule has 0 unspecified atom stereocenters. The molecule has 90 valence electrons. The molecule has 2 aromatic rings. The van der Waals surface area contributed by atoms with Gasteiger partial charge in [-0.3, -0.25) is 4.79 Å². The number of thiophene rings is 1. The van der Waals surface area contributed by atoms with E-state index in [2.05, 4.69) is 4.98 Å². The zero-order chi connectivity index (χ0) is 12.4. The molecule has 0 aromatic carbocycles. The van der Waals surface area contributed by atoms with Crippen LogP contribution in [0, 0.1) is 0 Å². The molecule has 0 radical (unpaired) electrons. The predicted octanol–water partition coefficient (Wildman–Crippen LogP) is 3.70. The predicted molar refractivity (Wildman–Crippen MR) is 73.6 cm³/mol. The van der Waals surface area contributed by atoms with Crippen LogP contribution in [0.15, 0.2) is 17.5 Å². The largest absolute Gasteiger partial charge is 0.346 e. The van der Waals surface area contributed by atoms with Crippen molar-refractivity contribution < 1.29 is 4.79 Å².